The molecular formula is C18H16N2O4S. The third-order valence-electron chi connectivity index (χ3n) is 3.85. The number of thiazole rings is 1. The number of benzene rings is 1. The van der Waals surface area contributed by atoms with E-state index >= 15 is 0 Å². The summed E-state index contributed by atoms with van der Waals surface area (Å²) in [5, 5.41) is 5.26. The fraction of sp³-hybridized carbons (Fsp3) is 0.222. The fourth-order valence-electron chi connectivity index (χ4n) is 2.69. The zero-order chi connectivity index (χ0) is 17.4. The number of carbonyl (C=O) groups is 1. The number of nitrogens with one attached hydrogen (secondary N) is 1. The quantitative estimate of drug-likeness (QED) is 0.766. The predicted molar refractivity (Wildman–Crippen MR) is 94.7 cm³/mol. The van der Waals surface area contributed by atoms with Crippen molar-refractivity contribution < 1.29 is 18.7 Å². The lowest BCUT2D eigenvalue weighted by atomic mass is 10.2. The Bertz CT molecular complexity index is 944. The number of aryl methyl sites for hydroxylation is 2. The number of amides is 1. The van der Waals surface area contributed by atoms with Crippen molar-refractivity contribution >= 4 is 22.4 Å². The number of aromatic nitrogens is 1. The maximum Gasteiger partial charge on any atom is 0.257 e. The van der Waals surface area contributed by atoms with Gasteiger partial charge < -0.3 is 13.9 Å². The van der Waals surface area contributed by atoms with E-state index in [1.807, 2.05) is 25.3 Å². The number of carbonyl (C=O) groups excluding carboxylic acids is 1. The Kier molecular flexibility index (Phi) is 3.93. The second kappa shape index (κ2) is 6.25. The van der Waals surface area contributed by atoms with Crippen LogP contribution in [0.4, 0.5) is 5.13 Å². The van der Waals surface area contributed by atoms with Gasteiger partial charge in [-0.25, -0.2) is 4.98 Å². The molecule has 25 heavy (non-hydrogen) atoms. The minimum absolute atomic E-state index is 0.238. The summed E-state index contributed by atoms with van der Waals surface area (Å²) in [7, 11) is 0. The summed E-state index contributed by atoms with van der Waals surface area (Å²) < 4.78 is 16.5. The molecule has 1 aliphatic rings. The van der Waals surface area contributed by atoms with E-state index in [0.717, 1.165) is 22.8 Å². The monoisotopic (exact) mass is 356 g/mol. The average molecular weight is 356 g/mol. The zero-order valence-electron chi connectivity index (χ0n) is 13.8. The lowest BCUT2D eigenvalue weighted by Crippen LogP contribution is -2.17. The van der Waals surface area contributed by atoms with E-state index < -0.39 is 0 Å². The van der Waals surface area contributed by atoms with Crippen LogP contribution in [0.2, 0.25) is 0 Å². The van der Waals surface area contributed by atoms with Crippen molar-refractivity contribution in [2.45, 2.75) is 13.8 Å². The molecule has 0 aliphatic carbocycles. The molecule has 0 spiro atoms. The highest BCUT2D eigenvalue weighted by Gasteiger charge is 2.17. The molecular weight excluding hydrogens is 340 g/mol. The molecule has 7 heteroatoms. The first kappa shape index (κ1) is 15.7. The maximum atomic E-state index is 12.5. The standard InChI is InChI=1S/C18H16N2O4S/c1-10-7-13(11(2)24-10)14-9-25-18(19-14)20-17(21)12-3-4-15-16(8-12)23-6-5-22-15/h3-4,7-9H,5-6H2,1-2H3,(H,19,20,21). The Morgan fingerprint density at radius 3 is 2.72 bits per heavy atom. The first-order valence-electron chi connectivity index (χ1n) is 7.84. The van der Waals surface area contributed by atoms with Crippen molar-refractivity contribution in [1.82, 2.24) is 4.98 Å². The highest BCUT2D eigenvalue weighted by molar-refractivity contribution is 7.14. The number of rotatable bonds is 3. The summed E-state index contributed by atoms with van der Waals surface area (Å²) in [6, 6.07) is 7.08. The Labute approximate surface area is 148 Å². The molecule has 1 N–H and O–H groups in total. The first-order valence-corrected chi connectivity index (χ1v) is 8.72. The van der Waals surface area contributed by atoms with Crippen molar-refractivity contribution in [3.8, 4) is 22.8 Å². The van der Waals surface area contributed by atoms with Crippen molar-refractivity contribution in [2.75, 3.05) is 18.5 Å². The van der Waals surface area contributed by atoms with Crippen LogP contribution in [-0.4, -0.2) is 24.1 Å². The van der Waals surface area contributed by atoms with E-state index in [-0.39, 0.29) is 5.91 Å². The molecule has 0 bridgehead atoms. The van der Waals surface area contributed by atoms with E-state index in [1.165, 1.54) is 11.3 Å². The highest BCUT2D eigenvalue weighted by atomic mass is 32.1. The van der Waals surface area contributed by atoms with Gasteiger partial charge in [0.05, 0.1) is 5.69 Å². The number of hydrogen-bond acceptors (Lipinski definition) is 6. The molecule has 128 valence electrons. The van der Waals surface area contributed by atoms with Gasteiger partial charge in [-0.15, -0.1) is 11.3 Å². The van der Waals surface area contributed by atoms with Crippen LogP contribution in [0.1, 0.15) is 21.9 Å². The van der Waals surface area contributed by atoms with Crippen LogP contribution < -0.4 is 14.8 Å². The molecule has 1 aliphatic heterocycles. The molecule has 0 saturated carbocycles. The van der Waals surface area contributed by atoms with Gasteiger partial charge in [0.2, 0.25) is 0 Å². The van der Waals surface area contributed by atoms with E-state index in [2.05, 4.69) is 10.3 Å². The van der Waals surface area contributed by atoms with Gasteiger partial charge in [-0.05, 0) is 38.1 Å². The molecule has 4 rings (SSSR count). The molecule has 0 atom stereocenters. The summed E-state index contributed by atoms with van der Waals surface area (Å²) in [6.07, 6.45) is 0. The van der Waals surface area contributed by atoms with Crippen LogP contribution in [0.5, 0.6) is 11.5 Å². The van der Waals surface area contributed by atoms with Crippen LogP contribution in [0.15, 0.2) is 34.1 Å². The summed E-state index contributed by atoms with van der Waals surface area (Å²) in [4.78, 5) is 16.9. The number of nitrogens with zero attached hydrogens (tertiary/aromatic N) is 1. The smallest absolute Gasteiger partial charge is 0.257 e. The van der Waals surface area contributed by atoms with Crippen LogP contribution in [0.25, 0.3) is 11.3 Å². The molecule has 6 nitrogen and oxygen atoms in total. The van der Waals surface area contributed by atoms with Gasteiger partial charge in [0.15, 0.2) is 16.6 Å². The van der Waals surface area contributed by atoms with Gasteiger partial charge in [0, 0.05) is 16.5 Å². The van der Waals surface area contributed by atoms with Crippen molar-refractivity contribution in [3.05, 3.63) is 46.7 Å². The number of anilines is 1. The number of hydrogen-bond donors (Lipinski definition) is 1. The van der Waals surface area contributed by atoms with Gasteiger partial charge in [0.25, 0.3) is 5.91 Å². The van der Waals surface area contributed by atoms with Gasteiger partial charge in [-0.3, -0.25) is 10.1 Å². The van der Waals surface area contributed by atoms with Crippen molar-refractivity contribution in [2.24, 2.45) is 0 Å². The predicted octanol–water partition coefficient (Wildman–Crippen LogP) is 4.04. The summed E-state index contributed by atoms with van der Waals surface area (Å²) >= 11 is 1.37. The number of fused-ring (bicyclic) bond motifs is 1. The molecule has 0 saturated heterocycles. The Morgan fingerprint density at radius 2 is 1.96 bits per heavy atom. The van der Waals surface area contributed by atoms with Gasteiger partial charge in [-0.2, -0.15) is 0 Å². The van der Waals surface area contributed by atoms with E-state index in [0.29, 0.717) is 35.4 Å². The minimum atomic E-state index is -0.238. The first-order chi connectivity index (χ1) is 12.1. The summed E-state index contributed by atoms with van der Waals surface area (Å²) in [5.41, 5.74) is 2.22. The lowest BCUT2D eigenvalue weighted by molar-refractivity contribution is 0.102. The van der Waals surface area contributed by atoms with Crippen LogP contribution in [0.3, 0.4) is 0 Å². The van der Waals surface area contributed by atoms with E-state index in [4.69, 9.17) is 13.9 Å². The van der Waals surface area contributed by atoms with Crippen molar-refractivity contribution in [1.29, 1.82) is 0 Å². The zero-order valence-corrected chi connectivity index (χ0v) is 14.6. The molecule has 0 unspecified atom stereocenters. The third kappa shape index (κ3) is 3.10. The SMILES string of the molecule is Cc1cc(-c2csc(NC(=O)c3ccc4c(c3)OCCO4)n2)c(C)o1. The van der Waals surface area contributed by atoms with Crippen LogP contribution in [0, 0.1) is 13.8 Å². The van der Waals surface area contributed by atoms with E-state index in [1.54, 1.807) is 18.2 Å². The summed E-state index contributed by atoms with van der Waals surface area (Å²) in [6.45, 7) is 4.80. The molecule has 0 radical (unpaired) electrons. The third-order valence-corrected chi connectivity index (χ3v) is 4.60. The van der Waals surface area contributed by atoms with Gasteiger partial charge in [-0.1, -0.05) is 0 Å². The molecule has 1 amide bonds. The summed E-state index contributed by atoms with van der Waals surface area (Å²) in [5.74, 6) is 2.65. The molecule has 3 aromatic rings. The molecule has 2 aromatic heterocycles. The van der Waals surface area contributed by atoms with Crippen LogP contribution >= 0.6 is 11.3 Å². The van der Waals surface area contributed by atoms with E-state index in [9.17, 15) is 4.79 Å². The Morgan fingerprint density at radius 1 is 1.16 bits per heavy atom. The fourth-order valence-corrected chi connectivity index (χ4v) is 3.40. The van der Waals surface area contributed by atoms with Gasteiger partial charge >= 0.3 is 0 Å². The number of ether oxygens (including phenoxy) is 2. The molecule has 1 aromatic carbocycles. The molecule has 3 heterocycles. The Balaban J connectivity index is 1.52. The second-order valence-corrected chi connectivity index (χ2v) is 6.54. The maximum absolute atomic E-state index is 12.5. The second-order valence-electron chi connectivity index (χ2n) is 5.68. The molecule has 0 fully saturated rings. The average Bonchev–Trinajstić information content (AvgIpc) is 3.20. The number of furan rings is 1. The minimum Gasteiger partial charge on any atom is -0.486 e. The highest BCUT2D eigenvalue weighted by Crippen LogP contribution is 2.32. The Hall–Kier alpha value is -2.80. The van der Waals surface area contributed by atoms with Crippen molar-refractivity contribution in [3.63, 3.8) is 0 Å². The van der Waals surface area contributed by atoms with Gasteiger partial charge in [0.1, 0.15) is 24.7 Å². The lowest BCUT2D eigenvalue weighted by Gasteiger charge is -2.18. The normalized spacial score (nSPS) is 12.9. The largest absolute Gasteiger partial charge is 0.486 e. The topological polar surface area (TPSA) is 73.6 Å². The van der Waals surface area contributed by atoms with Crippen LogP contribution in [-0.2, 0) is 0 Å².